The second kappa shape index (κ2) is 35.7. The third kappa shape index (κ3) is 38.7. The first kappa shape index (κ1) is 51.0. The molecule has 1 unspecified atom stereocenters. The van der Waals surface area contributed by atoms with Gasteiger partial charge in [0, 0.05) is 12.8 Å². The maximum atomic E-state index is 12.6. The van der Waals surface area contributed by atoms with Gasteiger partial charge >= 0.3 is 19.8 Å². The van der Waals surface area contributed by atoms with Gasteiger partial charge in [-0.2, -0.15) is 0 Å². The van der Waals surface area contributed by atoms with Crippen LogP contribution in [0.1, 0.15) is 206 Å². The highest BCUT2D eigenvalue weighted by Crippen LogP contribution is 2.43. The summed E-state index contributed by atoms with van der Waals surface area (Å²) < 4.78 is 34.2. The van der Waals surface area contributed by atoms with Crippen molar-refractivity contribution in [2.24, 2.45) is 0 Å². The van der Waals surface area contributed by atoms with Crippen molar-refractivity contribution in [3.8, 4) is 0 Å². The van der Waals surface area contributed by atoms with E-state index in [0.29, 0.717) is 23.9 Å². The topological polar surface area (TPSA) is 108 Å². The highest BCUT2D eigenvalue weighted by Gasteiger charge is 2.27. The predicted molar refractivity (Wildman–Crippen MR) is 215 cm³/mol. The van der Waals surface area contributed by atoms with E-state index in [1.165, 1.54) is 141 Å². The number of hydrogen-bond donors (Lipinski definition) is 1. The Morgan fingerprint density at radius 2 is 0.865 bits per heavy atom. The van der Waals surface area contributed by atoms with Crippen molar-refractivity contribution in [2.45, 2.75) is 213 Å². The number of rotatable bonds is 40. The first-order valence-corrected chi connectivity index (χ1v) is 23.3. The van der Waals surface area contributed by atoms with Crippen LogP contribution < -0.4 is 0 Å². The first-order valence-electron chi connectivity index (χ1n) is 21.8. The van der Waals surface area contributed by atoms with Crippen LogP contribution in [0.15, 0.2) is 0 Å². The van der Waals surface area contributed by atoms with Crippen LogP contribution in [-0.2, 0) is 32.7 Å². The lowest BCUT2D eigenvalue weighted by molar-refractivity contribution is -0.870. The molecule has 0 aromatic carbocycles. The van der Waals surface area contributed by atoms with Crippen molar-refractivity contribution in [1.82, 2.24) is 0 Å². The van der Waals surface area contributed by atoms with Crippen LogP contribution in [0.25, 0.3) is 0 Å². The molecule has 52 heavy (non-hydrogen) atoms. The molecule has 9 nitrogen and oxygen atoms in total. The number of carbonyl (C=O) groups excluding carboxylic acids is 2. The molecule has 0 rings (SSSR count). The summed E-state index contributed by atoms with van der Waals surface area (Å²) in [7, 11) is 1.49. The van der Waals surface area contributed by atoms with Gasteiger partial charge in [-0.15, -0.1) is 0 Å². The fraction of sp³-hybridized carbons (Fsp3) is 0.952. The number of likely N-dealkylation sites (N-methyl/N-ethyl adjacent to an activating group) is 1. The van der Waals surface area contributed by atoms with Crippen LogP contribution >= 0.6 is 7.82 Å². The minimum atomic E-state index is -4.36. The summed E-state index contributed by atoms with van der Waals surface area (Å²) in [6.45, 7) is 4.43. The lowest BCUT2D eigenvalue weighted by Crippen LogP contribution is -2.37. The van der Waals surface area contributed by atoms with E-state index in [0.717, 1.165) is 32.1 Å². The average Bonchev–Trinajstić information content (AvgIpc) is 3.09. The van der Waals surface area contributed by atoms with Gasteiger partial charge in [-0.1, -0.05) is 181 Å². The SMILES string of the molecule is CCCCCCCCCCCCCCCCCCCCCC(=O)OC[C@H](COP(=O)(O)OCC[N+](C)(C)C)OC(=O)CCCCCCCCCCC. The smallest absolute Gasteiger partial charge is 0.462 e. The number of ether oxygens (including phenoxy) is 2. The summed E-state index contributed by atoms with van der Waals surface area (Å²) in [4.78, 5) is 35.2. The van der Waals surface area contributed by atoms with Gasteiger partial charge in [-0.25, -0.2) is 4.57 Å². The summed E-state index contributed by atoms with van der Waals surface area (Å²) in [6.07, 6.45) is 34.4. The van der Waals surface area contributed by atoms with Crippen molar-refractivity contribution in [3.63, 3.8) is 0 Å². The third-order valence-corrected chi connectivity index (χ3v) is 10.6. The molecule has 0 saturated heterocycles. The zero-order valence-corrected chi connectivity index (χ0v) is 35.7. The van der Waals surface area contributed by atoms with Crippen molar-refractivity contribution in [1.29, 1.82) is 0 Å². The molecule has 0 radical (unpaired) electrons. The molecule has 0 saturated carbocycles. The molecule has 0 aliphatic rings. The molecule has 0 bridgehead atoms. The van der Waals surface area contributed by atoms with Crippen LogP contribution in [0.3, 0.4) is 0 Å². The Balaban J connectivity index is 4.20. The standard InChI is InChI=1S/C42H84NO8P/c1-6-8-10-12-14-16-17-18-19-20-21-22-23-24-25-27-28-30-32-34-41(44)48-38-40(39-50-52(46,47)49-37-36-43(3,4)5)51-42(45)35-33-31-29-26-15-13-11-9-7-2/h40H,6-39H2,1-5H3/p+1/t40-/m1/s1. The quantitative estimate of drug-likeness (QED) is 0.0284. The number of phosphoric acid groups is 1. The van der Waals surface area contributed by atoms with E-state index in [9.17, 15) is 19.0 Å². The summed E-state index contributed by atoms with van der Waals surface area (Å²) >= 11 is 0. The fourth-order valence-corrected chi connectivity index (χ4v) is 6.93. The van der Waals surface area contributed by atoms with E-state index in [4.69, 9.17) is 18.5 Å². The number of quaternary nitrogens is 1. The van der Waals surface area contributed by atoms with Gasteiger partial charge < -0.3 is 18.9 Å². The largest absolute Gasteiger partial charge is 0.472 e. The molecule has 1 N–H and O–H groups in total. The number of esters is 2. The maximum absolute atomic E-state index is 12.6. The van der Waals surface area contributed by atoms with Crippen LogP contribution in [0.2, 0.25) is 0 Å². The van der Waals surface area contributed by atoms with E-state index in [2.05, 4.69) is 13.8 Å². The van der Waals surface area contributed by atoms with Gasteiger partial charge in [0.05, 0.1) is 27.7 Å². The summed E-state index contributed by atoms with van der Waals surface area (Å²) in [5, 5.41) is 0. The highest BCUT2D eigenvalue weighted by molar-refractivity contribution is 7.47. The lowest BCUT2D eigenvalue weighted by Gasteiger charge is -2.24. The zero-order valence-electron chi connectivity index (χ0n) is 34.8. The molecule has 0 aliphatic heterocycles. The molecule has 0 aromatic heterocycles. The average molecular weight is 763 g/mol. The van der Waals surface area contributed by atoms with Crippen molar-refractivity contribution in [2.75, 3.05) is 47.5 Å². The zero-order chi connectivity index (χ0) is 38.6. The Morgan fingerprint density at radius 1 is 0.519 bits per heavy atom. The second-order valence-electron chi connectivity index (χ2n) is 16.1. The lowest BCUT2D eigenvalue weighted by atomic mass is 10.0. The van der Waals surface area contributed by atoms with Gasteiger partial charge in [-0.05, 0) is 12.8 Å². The summed E-state index contributed by atoms with van der Waals surface area (Å²) in [5.41, 5.74) is 0. The van der Waals surface area contributed by atoms with E-state index in [-0.39, 0.29) is 25.6 Å². The van der Waals surface area contributed by atoms with Gasteiger partial charge in [-0.3, -0.25) is 18.6 Å². The molecular formula is C42H85NO8P+. The highest BCUT2D eigenvalue weighted by atomic mass is 31.2. The van der Waals surface area contributed by atoms with Crippen LogP contribution in [-0.4, -0.2) is 74.9 Å². The van der Waals surface area contributed by atoms with E-state index >= 15 is 0 Å². The van der Waals surface area contributed by atoms with Gasteiger partial charge in [0.15, 0.2) is 6.10 Å². The molecule has 0 aromatic rings. The van der Waals surface area contributed by atoms with Crippen LogP contribution in [0.5, 0.6) is 0 Å². The molecule has 0 fully saturated rings. The van der Waals surface area contributed by atoms with E-state index < -0.39 is 26.5 Å². The van der Waals surface area contributed by atoms with Gasteiger partial charge in [0.2, 0.25) is 0 Å². The Bertz CT molecular complexity index is 865. The molecule has 10 heteroatoms. The number of phosphoric ester groups is 1. The molecular weight excluding hydrogens is 677 g/mol. The van der Waals surface area contributed by atoms with Crippen molar-refractivity contribution in [3.05, 3.63) is 0 Å². The third-order valence-electron chi connectivity index (χ3n) is 9.64. The number of nitrogens with zero attached hydrogens (tertiary/aromatic N) is 1. The fourth-order valence-electron chi connectivity index (χ4n) is 6.19. The monoisotopic (exact) mass is 763 g/mol. The summed E-state index contributed by atoms with van der Waals surface area (Å²) in [5.74, 6) is -0.788. The molecule has 0 aliphatic carbocycles. The summed E-state index contributed by atoms with van der Waals surface area (Å²) in [6, 6.07) is 0. The molecule has 2 atom stereocenters. The molecule has 0 amide bonds. The molecule has 0 heterocycles. The van der Waals surface area contributed by atoms with Crippen molar-refractivity contribution < 1.29 is 42.1 Å². The minimum Gasteiger partial charge on any atom is -0.462 e. The Hall–Kier alpha value is -0.990. The van der Waals surface area contributed by atoms with E-state index in [1.807, 2.05) is 21.1 Å². The number of unbranched alkanes of at least 4 members (excludes halogenated alkanes) is 26. The van der Waals surface area contributed by atoms with Crippen LogP contribution in [0, 0.1) is 0 Å². The first-order chi connectivity index (χ1) is 25.0. The van der Waals surface area contributed by atoms with Gasteiger partial charge in [0.25, 0.3) is 0 Å². The molecule has 310 valence electrons. The number of hydrogen-bond acceptors (Lipinski definition) is 7. The van der Waals surface area contributed by atoms with E-state index in [1.54, 1.807) is 0 Å². The maximum Gasteiger partial charge on any atom is 0.472 e. The predicted octanol–water partition coefficient (Wildman–Crippen LogP) is 12.0. The normalized spacial score (nSPS) is 13.6. The Labute approximate surface area is 321 Å². The van der Waals surface area contributed by atoms with Gasteiger partial charge in [0.1, 0.15) is 19.8 Å². The Kier molecular flexibility index (Phi) is 35.0. The second-order valence-corrected chi connectivity index (χ2v) is 17.6. The minimum absolute atomic E-state index is 0.0365. The number of carbonyl (C=O) groups is 2. The van der Waals surface area contributed by atoms with Crippen molar-refractivity contribution >= 4 is 19.8 Å². The molecule has 0 spiro atoms. The van der Waals surface area contributed by atoms with Crippen LogP contribution in [0.4, 0.5) is 0 Å². The Morgan fingerprint density at radius 3 is 1.23 bits per heavy atom.